The van der Waals surface area contributed by atoms with Gasteiger partial charge in [-0.1, -0.05) is 18.2 Å². The molecule has 0 amide bonds. The van der Waals surface area contributed by atoms with Crippen LogP contribution in [-0.4, -0.2) is 24.7 Å². The molecule has 0 fully saturated rings. The zero-order valence-corrected chi connectivity index (χ0v) is 13.6. The van der Waals surface area contributed by atoms with Crippen molar-refractivity contribution in [2.75, 3.05) is 0 Å². The maximum atomic E-state index is 15.2. The second kappa shape index (κ2) is 5.26. The molecular formula is C18H16FN5. The molecule has 4 rings (SSSR count). The van der Waals surface area contributed by atoms with Gasteiger partial charge in [-0.15, -0.1) is 0 Å². The summed E-state index contributed by atoms with van der Waals surface area (Å²) in [6, 6.07) is 7.27. The Kier molecular flexibility index (Phi) is 3.19. The maximum absolute atomic E-state index is 15.2. The van der Waals surface area contributed by atoms with Gasteiger partial charge < -0.3 is 4.98 Å². The largest absolute Gasteiger partial charge is 0.343 e. The first kappa shape index (κ1) is 14.6. The van der Waals surface area contributed by atoms with E-state index >= 15 is 4.39 Å². The molecule has 0 saturated carbocycles. The molecule has 4 aromatic rings. The Hall–Kier alpha value is -3.02. The molecule has 3 heterocycles. The minimum absolute atomic E-state index is 0.266. The van der Waals surface area contributed by atoms with E-state index in [0.717, 1.165) is 22.5 Å². The van der Waals surface area contributed by atoms with E-state index in [1.807, 2.05) is 33.0 Å². The quantitative estimate of drug-likeness (QED) is 0.611. The van der Waals surface area contributed by atoms with Gasteiger partial charge in [0.05, 0.1) is 17.5 Å². The van der Waals surface area contributed by atoms with Crippen LogP contribution in [0.15, 0.2) is 36.8 Å². The molecule has 5 nitrogen and oxygen atoms in total. The molecule has 0 aliphatic carbocycles. The highest BCUT2D eigenvalue weighted by Gasteiger charge is 2.18. The van der Waals surface area contributed by atoms with Crippen LogP contribution < -0.4 is 0 Å². The highest BCUT2D eigenvalue weighted by molar-refractivity contribution is 5.81. The number of halogens is 1. The maximum Gasteiger partial charge on any atom is 0.177 e. The molecule has 0 radical (unpaired) electrons. The third-order valence-corrected chi connectivity index (χ3v) is 4.36. The number of hydrogen-bond donors (Lipinski definition) is 1. The van der Waals surface area contributed by atoms with Crippen LogP contribution in [0, 0.1) is 19.7 Å². The molecule has 3 aromatic heterocycles. The zero-order chi connectivity index (χ0) is 16.8. The van der Waals surface area contributed by atoms with E-state index in [9.17, 15) is 0 Å². The van der Waals surface area contributed by atoms with Crippen LogP contribution in [0.5, 0.6) is 0 Å². The Morgan fingerprint density at radius 2 is 1.92 bits per heavy atom. The van der Waals surface area contributed by atoms with E-state index in [4.69, 9.17) is 0 Å². The minimum Gasteiger partial charge on any atom is -0.343 e. The van der Waals surface area contributed by atoms with E-state index in [1.165, 1.54) is 0 Å². The number of pyridine rings is 1. The smallest absolute Gasteiger partial charge is 0.177 e. The fourth-order valence-electron chi connectivity index (χ4n) is 3.09. The van der Waals surface area contributed by atoms with E-state index in [1.54, 1.807) is 29.3 Å². The molecule has 120 valence electrons. The summed E-state index contributed by atoms with van der Waals surface area (Å²) in [6.07, 6.45) is 3.23. The van der Waals surface area contributed by atoms with E-state index < -0.39 is 0 Å². The number of aryl methyl sites for hydroxylation is 2. The Morgan fingerprint density at radius 1 is 1.12 bits per heavy atom. The van der Waals surface area contributed by atoms with Crippen molar-refractivity contribution in [1.82, 2.24) is 24.7 Å². The molecule has 1 aromatic carbocycles. The van der Waals surface area contributed by atoms with Crippen molar-refractivity contribution >= 4 is 11.2 Å². The number of benzene rings is 1. The number of hydrogen-bond acceptors (Lipinski definition) is 3. The van der Waals surface area contributed by atoms with Crippen LogP contribution in [-0.2, 0) is 7.05 Å². The normalized spacial score (nSPS) is 11.3. The van der Waals surface area contributed by atoms with E-state index in [2.05, 4.69) is 20.1 Å². The lowest BCUT2D eigenvalue weighted by atomic mass is 9.97. The Labute approximate surface area is 138 Å². The molecule has 0 unspecified atom stereocenters. The lowest BCUT2D eigenvalue weighted by Crippen LogP contribution is -1.94. The predicted octanol–water partition coefficient (Wildman–Crippen LogP) is 3.78. The topological polar surface area (TPSA) is 59.4 Å². The molecule has 24 heavy (non-hydrogen) atoms. The molecule has 0 bridgehead atoms. The van der Waals surface area contributed by atoms with Crippen molar-refractivity contribution < 1.29 is 4.39 Å². The van der Waals surface area contributed by atoms with Gasteiger partial charge in [-0.2, -0.15) is 5.10 Å². The summed E-state index contributed by atoms with van der Waals surface area (Å²) in [7, 11) is 1.86. The summed E-state index contributed by atoms with van der Waals surface area (Å²) in [5, 5.41) is 4.39. The first-order valence-electron chi connectivity index (χ1n) is 7.65. The fourth-order valence-corrected chi connectivity index (χ4v) is 3.09. The third kappa shape index (κ3) is 2.11. The number of nitrogens with zero attached hydrogens (tertiary/aromatic N) is 4. The highest BCUT2D eigenvalue weighted by Crippen LogP contribution is 2.34. The summed E-state index contributed by atoms with van der Waals surface area (Å²) in [5.74, 6) is -0.266. The van der Waals surface area contributed by atoms with Crippen molar-refractivity contribution in [3.63, 3.8) is 0 Å². The number of aromatic amines is 1. The van der Waals surface area contributed by atoms with Gasteiger partial charge in [-0.05, 0) is 19.9 Å². The number of fused-ring (bicyclic) bond motifs is 1. The van der Waals surface area contributed by atoms with Crippen LogP contribution in [0.1, 0.15) is 11.4 Å². The SMILES string of the molecule is Cc1nn(C)c(C)c1-c1cccc(-c2cnc3nc[nH]c3c2)c1F. The molecule has 0 saturated heterocycles. The fraction of sp³-hybridized carbons (Fsp3) is 0.167. The van der Waals surface area contributed by atoms with Crippen LogP contribution in [0.25, 0.3) is 33.4 Å². The predicted molar refractivity (Wildman–Crippen MR) is 91.0 cm³/mol. The minimum atomic E-state index is -0.266. The number of rotatable bonds is 2. The monoisotopic (exact) mass is 321 g/mol. The van der Waals surface area contributed by atoms with Crippen LogP contribution >= 0.6 is 0 Å². The highest BCUT2D eigenvalue weighted by atomic mass is 19.1. The second-order valence-electron chi connectivity index (χ2n) is 5.83. The summed E-state index contributed by atoms with van der Waals surface area (Å²) >= 11 is 0. The van der Waals surface area contributed by atoms with Gasteiger partial charge in [0.1, 0.15) is 5.82 Å². The van der Waals surface area contributed by atoms with Gasteiger partial charge in [0.15, 0.2) is 5.65 Å². The Balaban J connectivity index is 1.92. The standard InChI is InChI=1S/C18H16FN5/c1-10-16(11(2)24(3)23-10)14-6-4-5-13(17(14)19)12-7-15-18(20-8-12)22-9-21-15/h4-9H,1-3H3,(H,20,21,22). The summed E-state index contributed by atoms with van der Waals surface area (Å²) in [5.41, 5.74) is 5.77. The number of aromatic nitrogens is 5. The van der Waals surface area contributed by atoms with Crippen LogP contribution in [0.4, 0.5) is 4.39 Å². The van der Waals surface area contributed by atoms with E-state index in [0.29, 0.717) is 22.3 Å². The zero-order valence-electron chi connectivity index (χ0n) is 13.6. The molecule has 0 atom stereocenters. The second-order valence-corrected chi connectivity index (χ2v) is 5.83. The first-order chi connectivity index (χ1) is 11.6. The summed E-state index contributed by atoms with van der Waals surface area (Å²) < 4.78 is 17.0. The number of nitrogens with one attached hydrogen (secondary N) is 1. The van der Waals surface area contributed by atoms with Crippen molar-refractivity contribution in [3.05, 3.63) is 54.0 Å². The Bertz CT molecular complexity index is 1060. The van der Waals surface area contributed by atoms with Crippen molar-refractivity contribution in [1.29, 1.82) is 0 Å². The van der Waals surface area contributed by atoms with E-state index in [-0.39, 0.29) is 5.82 Å². The molecule has 1 N–H and O–H groups in total. The van der Waals surface area contributed by atoms with Gasteiger partial charge in [-0.3, -0.25) is 4.68 Å². The third-order valence-electron chi connectivity index (χ3n) is 4.36. The van der Waals surface area contributed by atoms with Crippen LogP contribution in [0.3, 0.4) is 0 Å². The van der Waals surface area contributed by atoms with Crippen molar-refractivity contribution in [2.24, 2.45) is 7.05 Å². The van der Waals surface area contributed by atoms with Gasteiger partial charge in [0.25, 0.3) is 0 Å². The average molecular weight is 321 g/mol. The lowest BCUT2D eigenvalue weighted by Gasteiger charge is -2.09. The molecular weight excluding hydrogens is 305 g/mol. The molecule has 0 aliphatic heterocycles. The van der Waals surface area contributed by atoms with Gasteiger partial charge >= 0.3 is 0 Å². The van der Waals surface area contributed by atoms with Crippen molar-refractivity contribution in [3.8, 4) is 22.3 Å². The summed E-state index contributed by atoms with van der Waals surface area (Å²) in [4.78, 5) is 11.4. The van der Waals surface area contributed by atoms with Gasteiger partial charge in [0, 0.05) is 41.2 Å². The molecule has 6 heteroatoms. The Morgan fingerprint density at radius 3 is 2.67 bits per heavy atom. The summed E-state index contributed by atoms with van der Waals surface area (Å²) in [6.45, 7) is 3.84. The van der Waals surface area contributed by atoms with Gasteiger partial charge in [-0.25, -0.2) is 14.4 Å². The molecule has 0 aliphatic rings. The number of H-pyrrole nitrogens is 1. The van der Waals surface area contributed by atoms with Crippen molar-refractivity contribution in [2.45, 2.75) is 13.8 Å². The first-order valence-corrected chi connectivity index (χ1v) is 7.65. The number of imidazole rings is 1. The molecule has 0 spiro atoms. The average Bonchev–Trinajstić information content (AvgIpc) is 3.12. The lowest BCUT2D eigenvalue weighted by molar-refractivity contribution is 0.634. The van der Waals surface area contributed by atoms with Gasteiger partial charge in [0.2, 0.25) is 0 Å². The van der Waals surface area contributed by atoms with Crippen LogP contribution in [0.2, 0.25) is 0 Å².